The Labute approximate surface area is 119 Å². The van der Waals surface area contributed by atoms with E-state index < -0.39 is 0 Å². The van der Waals surface area contributed by atoms with Gasteiger partial charge in [-0.15, -0.1) is 0 Å². The predicted octanol–water partition coefficient (Wildman–Crippen LogP) is 2.27. The van der Waals surface area contributed by atoms with E-state index in [4.69, 9.17) is 5.11 Å². The Kier molecular flexibility index (Phi) is 4.65. The van der Waals surface area contributed by atoms with Crippen molar-refractivity contribution in [3.05, 3.63) is 63.9 Å². The van der Waals surface area contributed by atoms with Crippen LogP contribution in [0.3, 0.4) is 0 Å². The van der Waals surface area contributed by atoms with Crippen molar-refractivity contribution < 1.29 is 9.90 Å². The number of aliphatic hydroxyl groups is 1. The summed E-state index contributed by atoms with van der Waals surface area (Å²) in [4.78, 5) is 15.9. The van der Waals surface area contributed by atoms with Crippen molar-refractivity contribution in [3.8, 4) is 0 Å². The molecule has 1 aromatic carbocycles. The Morgan fingerprint density at radius 2 is 1.89 bits per heavy atom. The first kappa shape index (κ1) is 13.7. The van der Waals surface area contributed by atoms with Gasteiger partial charge in [0.25, 0.3) is 5.91 Å². The Balaban J connectivity index is 1.98. The van der Waals surface area contributed by atoms with Gasteiger partial charge in [0.15, 0.2) is 0 Å². The Morgan fingerprint density at radius 1 is 1.21 bits per heavy atom. The van der Waals surface area contributed by atoms with Crippen molar-refractivity contribution in [3.63, 3.8) is 0 Å². The molecular weight excluding hydrogens is 308 g/mol. The number of carbonyl (C=O) groups excluding carboxylic acids is 1. The molecular formula is C14H13BrN2O2. The first-order valence-corrected chi connectivity index (χ1v) is 6.57. The second kappa shape index (κ2) is 6.45. The van der Waals surface area contributed by atoms with Crippen molar-refractivity contribution in [1.29, 1.82) is 0 Å². The second-order valence-corrected chi connectivity index (χ2v) is 4.75. The lowest BCUT2D eigenvalue weighted by Crippen LogP contribution is -2.23. The summed E-state index contributed by atoms with van der Waals surface area (Å²) >= 11 is 3.24. The number of hydrogen-bond donors (Lipinski definition) is 2. The molecule has 0 aliphatic heterocycles. The highest BCUT2D eigenvalue weighted by molar-refractivity contribution is 9.10. The topological polar surface area (TPSA) is 62.2 Å². The summed E-state index contributed by atoms with van der Waals surface area (Å²) in [6.07, 6.45) is 1.62. The smallest absolute Gasteiger partial charge is 0.254 e. The molecule has 0 fully saturated rings. The van der Waals surface area contributed by atoms with E-state index >= 15 is 0 Å². The SMILES string of the molecule is O=C(NCc1ccc(CO)cc1)c1cccnc1Br. The number of nitrogens with zero attached hydrogens (tertiary/aromatic N) is 1. The van der Waals surface area contributed by atoms with Gasteiger partial charge in [-0.05, 0) is 39.2 Å². The highest BCUT2D eigenvalue weighted by Crippen LogP contribution is 2.12. The van der Waals surface area contributed by atoms with Gasteiger partial charge in [0.2, 0.25) is 0 Å². The van der Waals surface area contributed by atoms with Gasteiger partial charge in [0.1, 0.15) is 4.60 Å². The standard InChI is InChI=1S/C14H13BrN2O2/c15-13-12(2-1-7-16-13)14(19)17-8-10-3-5-11(9-18)6-4-10/h1-7,18H,8-9H2,(H,17,19). The van der Waals surface area contributed by atoms with Crippen LogP contribution >= 0.6 is 15.9 Å². The molecule has 4 nitrogen and oxygen atoms in total. The number of aliphatic hydroxyl groups excluding tert-OH is 1. The molecule has 2 rings (SSSR count). The lowest BCUT2D eigenvalue weighted by molar-refractivity contribution is 0.0949. The molecule has 1 heterocycles. The molecule has 2 aromatic rings. The van der Waals surface area contributed by atoms with Crippen LogP contribution in [0.4, 0.5) is 0 Å². The van der Waals surface area contributed by atoms with Crippen LogP contribution in [0.2, 0.25) is 0 Å². The van der Waals surface area contributed by atoms with E-state index in [0.29, 0.717) is 16.7 Å². The third kappa shape index (κ3) is 3.62. The summed E-state index contributed by atoms with van der Waals surface area (Å²) < 4.78 is 0.531. The average molecular weight is 321 g/mol. The molecule has 1 aromatic heterocycles. The maximum atomic E-state index is 11.9. The van der Waals surface area contributed by atoms with Crippen LogP contribution in [0.5, 0.6) is 0 Å². The average Bonchev–Trinajstić information content (AvgIpc) is 2.46. The summed E-state index contributed by atoms with van der Waals surface area (Å²) in [5, 5.41) is 11.8. The van der Waals surface area contributed by atoms with Gasteiger partial charge in [-0.2, -0.15) is 0 Å². The minimum atomic E-state index is -0.175. The normalized spacial score (nSPS) is 10.2. The Morgan fingerprint density at radius 3 is 2.53 bits per heavy atom. The lowest BCUT2D eigenvalue weighted by Gasteiger charge is -2.07. The molecule has 2 N–H and O–H groups in total. The van der Waals surface area contributed by atoms with E-state index in [-0.39, 0.29) is 12.5 Å². The number of halogens is 1. The van der Waals surface area contributed by atoms with Gasteiger partial charge in [0, 0.05) is 12.7 Å². The molecule has 19 heavy (non-hydrogen) atoms. The van der Waals surface area contributed by atoms with Gasteiger partial charge in [0.05, 0.1) is 12.2 Å². The van der Waals surface area contributed by atoms with E-state index in [9.17, 15) is 4.79 Å². The number of benzene rings is 1. The van der Waals surface area contributed by atoms with Crippen molar-refractivity contribution in [2.45, 2.75) is 13.2 Å². The zero-order chi connectivity index (χ0) is 13.7. The highest BCUT2D eigenvalue weighted by atomic mass is 79.9. The fourth-order valence-corrected chi connectivity index (χ4v) is 2.03. The molecule has 0 unspecified atom stereocenters. The van der Waals surface area contributed by atoms with Crippen LogP contribution < -0.4 is 5.32 Å². The zero-order valence-corrected chi connectivity index (χ0v) is 11.7. The second-order valence-electron chi connectivity index (χ2n) is 4.00. The van der Waals surface area contributed by atoms with E-state index in [1.807, 2.05) is 24.3 Å². The minimum Gasteiger partial charge on any atom is -0.392 e. The molecule has 0 saturated carbocycles. The number of pyridine rings is 1. The Bertz CT molecular complexity index is 570. The molecule has 0 radical (unpaired) electrons. The summed E-state index contributed by atoms with van der Waals surface area (Å²) in [5.41, 5.74) is 2.34. The molecule has 5 heteroatoms. The highest BCUT2D eigenvalue weighted by Gasteiger charge is 2.09. The van der Waals surface area contributed by atoms with E-state index in [1.165, 1.54) is 0 Å². The van der Waals surface area contributed by atoms with Gasteiger partial charge >= 0.3 is 0 Å². The third-order valence-electron chi connectivity index (χ3n) is 2.66. The molecule has 0 aliphatic carbocycles. The summed E-state index contributed by atoms with van der Waals surface area (Å²) in [6, 6.07) is 10.9. The minimum absolute atomic E-state index is 0.0231. The molecule has 0 spiro atoms. The molecule has 0 bridgehead atoms. The van der Waals surface area contributed by atoms with Gasteiger partial charge < -0.3 is 10.4 Å². The van der Waals surface area contributed by atoms with Crippen molar-refractivity contribution >= 4 is 21.8 Å². The quantitative estimate of drug-likeness (QED) is 0.849. The van der Waals surface area contributed by atoms with E-state index in [2.05, 4.69) is 26.2 Å². The molecule has 0 saturated heterocycles. The number of aromatic nitrogens is 1. The third-order valence-corrected chi connectivity index (χ3v) is 3.29. The van der Waals surface area contributed by atoms with Crippen LogP contribution in [-0.2, 0) is 13.2 Å². The van der Waals surface area contributed by atoms with Crippen LogP contribution in [0, 0.1) is 0 Å². The number of hydrogen-bond acceptors (Lipinski definition) is 3. The maximum Gasteiger partial charge on any atom is 0.254 e. The van der Waals surface area contributed by atoms with E-state index in [0.717, 1.165) is 11.1 Å². The predicted molar refractivity (Wildman–Crippen MR) is 75.5 cm³/mol. The van der Waals surface area contributed by atoms with Crippen molar-refractivity contribution in [2.75, 3.05) is 0 Å². The summed E-state index contributed by atoms with van der Waals surface area (Å²) in [5.74, 6) is -0.175. The number of carbonyl (C=O) groups is 1. The zero-order valence-electron chi connectivity index (χ0n) is 10.1. The fraction of sp³-hybridized carbons (Fsp3) is 0.143. The lowest BCUT2D eigenvalue weighted by atomic mass is 10.1. The van der Waals surface area contributed by atoms with E-state index in [1.54, 1.807) is 18.3 Å². The van der Waals surface area contributed by atoms with Gasteiger partial charge in [-0.25, -0.2) is 4.98 Å². The van der Waals surface area contributed by atoms with Crippen molar-refractivity contribution in [1.82, 2.24) is 10.3 Å². The first-order chi connectivity index (χ1) is 9.20. The number of rotatable bonds is 4. The van der Waals surface area contributed by atoms with Crippen LogP contribution in [0.15, 0.2) is 47.2 Å². The largest absolute Gasteiger partial charge is 0.392 e. The fourth-order valence-electron chi connectivity index (χ4n) is 1.60. The van der Waals surface area contributed by atoms with Gasteiger partial charge in [-0.3, -0.25) is 4.79 Å². The molecule has 1 amide bonds. The monoisotopic (exact) mass is 320 g/mol. The van der Waals surface area contributed by atoms with Gasteiger partial charge in [-0.1, -0.05) is 24.3 Å². The molecule has 0 atom stereocenters. The first-order valence-electron chi connectivity index (χ1n) is 5.78. The number of amides is 1. The van der Waals surface area contributed by atoms with Crippen molar-refractivity contribution in [2.24, 2.45) is 0 Å². The van der Waals surface area contributed by atoms with Crippen LogP contribution in [-0.4, -0.2) is 16.0 Å². The molecule has 0 aliphatic rings. The summed E-state index contributed by atoms with van der Waals surface area (Å²) in [6.45, 7) is 0.459. The molecule has 98 valence electrons. The van der Waals surface area contributed by atoms with Crippen LogP contribution in [0.1, 0.15) is 21.5 Å². The summed E-state index contributed by atoms with van der Waals surface area (Å²) in [7, 11) is 0. The number of nitrogens with one attached hydrogen (secondary N) is 1. The Hall–Kier alpha value is -1.72. The maximum absolute atomic E-state index is 11.9. The van der Waals surface area contributed by atoms with Crippen LogP contribution in [0.25, 0.3) is 0 Å².